The lowest BCUT2D eigenvalue weighted by Crippen LogP contribution is -2.32. The minimum Gasteiger partial charge on any atom is -0.444 e. The Hall–Kier alpha value is -1.79. The maximum absolute atomic E-state index is 11.6. The SMILES string of the molecule is CCNCCNC(=O)CSCc1coc(-c2ccccc2)n1. The number of amides is 1. The van der Waals surface area contributed by atoms with E-state index in [1.165, 1.54) is 11.8 Å². The third-order valence-electron chi connectivity index (χ3n) is 2.93. The Labute approximate surface area is 134 Å². The first-order valence-electron chi connectivity index (χ1n) is 7.34. The fourth-order valence-corrected chi connectivity index (χ4v) is 2.58. The molecule has 2 aromatic rings. The van der Waals surface area contributed by atoms with Gasteiger partial charge in [-0.2, -0.15) is 0 Å². The van der Waals surface area contributed by atoms with Crippen molar-refractivity contribution in [2.24, 2.45) is 0 Å². The van der Waals surface area contributed by atoms with Crippen LogP contribution in [-0.4, -0.2) is 36.3 Å². The average molecular weight is 319 g/mol. The van der Waals surface area contributed by atoms with Gasteiger partial charge in [0.1, 0.15) is 6.26 Å². The molecule has 0 bridgehead atoms. The number of carbonyl (C=O) groups is 1. The fourth-order valence-electron chi connectivity index (χ4n) is 1.85. The molecular formula is C16H21N3O2S. The topological polar surface area (TPSA) is 67.2 Å². The standard InChI is InChI=1S/C16H21N3O2S/c1-2-17-8-9-18-15(20)12-22-11-14-10-21-16(19-14)13-6-4-3-5-7-13/h3-7,10,17H,2,8-9,11-12H2,1H3,(H,18,20). The van der Waals surface area contributed by atoms with Gasteiger partial charge in [0.25, 0.3) is 0 Å². The van der Waals surface area contributed by atoms with Crippen LogP contribution in [0.1, 0.15) is 12.6 Å². The first-order valence-corrected chi connectivity index (χ1v) is 8.50. The van der Waals surface area contributed by atoms with Gasteiger partial charge in [-0.15, -0.1) is 11.8 Å². The third-order valence-corrected chi connectivity index (χ3v) is 3.90. The molecule has 0 aliphatic carbocycles. The van der Waals surface area contributed by atoms with Gasteiger partial charge in [0.15, 0.2) is 0 Å². The maximum atomic E-state index is 11.6. The summed E-state index contributed by atoms with van der Waals surface area (Å²) in [4.78, 5) is 16.1. The number of thioether (sulfide) groups is 1. The van der Waals surface area contributed by atoms with Crippen molar-refractivity contribution in [1.82, 2.24) is 15.6 Å². The molecule has 6 heteroatoms. The normalized spacial score (nSPS) is 10.6. The molecule has 0 spiro atoms. The molecule has 2 rings (SSSR count). The van der Waals surface area contributed by atoms with Crippen LogP contribution in [0.15, 0.2) is 41.0 Å². The maximum Gasteiger partial charge on any atom is 0.230 e. The summed E-state index contributed by atoms with van der Waals surface area (Å²) >= 11 is 1.53. The quantitative estimate of drug-likeness (QED) is 0.694. The largest absolute Gasteiger partial charge is 0.444 e. The van der Waals surface area contributed by atoms with Crippen LogP contribution in [0.2, 0.25) is 0 Å². The van der Waals surface area contributed by atoms with E-state index in [1.54, 1.807) is 6.26 Å². The summed E-state index contributed by atoms with van der Waals surface area (Å²) in [6.45, 7) is 4.42. The molecule has 5 nitrogen and oxygen atoms in total. The number of likely N-dealkylation sites (N-methyl/N-ethyl adjacent to an activating group) is 1. The van der Waals surface area contributed by atoms with E-state index >= 15 is 0 Å². The van der Waals surface area contributed by atoms with Crippen LogP contribution in [0.4, 0.5) is 0 Å². The zero-order chi connectivity index (χ0) is 15.6. The number of carbonyl (C=O) groups excluding carboxylic acids is 1. The molecule has 0 radical (unpaired) electrons. The molecule has 1 aromatic heterocycles. The highest BCUT2D eigenvalue weighted by Crippen LogP contribution is 2.20. The molecule has 1 amide bonds. The van der Waals surface area contributed by atoms with Crippen LogP contribution < -0.4 is 10.6 Å². The molecule has 0 atom stereocenters. The lowest BCUT2D eigenvalue weighted by molar-refractivity contribution is -0.118. The third kappa shape index (κ3) is 5.54. The summed E-state index contributed by atoms with van der Waals surface area (Å²) in [6.07, 6.45) is 1.65. The van der Waals surface area contributed by atoms with E-state index in [-0.39, 0.29) is 5.91 Å². The average Bonchev–Trinajstić information content (AvgIpc) is 3.01. The summed E-state index contributed by atoms with van der Waals surface area (Å²) < 4.78 is 5.47. The second-order valence-electron chi connectivity index (χ2n) is 4.71. The molecule has 0 saturated carbocycles. The van der Waals surface area contributed by atoms with E-state index in [0.717, 1.165) is 24.3 Å². The number of benzene rings is 1. The summed E-state index contributed by atoms with van der Waals surface area (Å²) in [5.74, 6) is 1.76. The van der Waals surface area contributed by atoms with Crippen molar-refractivity contribution >= 4 is 17.7 Å². The van der Waals surface area contributed by atoms with Crippen molar-refractivity contribution in [3.8, 4) is 11.5 Å². The number of rotatable bonds is 9. The Morgan fingerprint density at radius 1 is 1.27 bits per heavy atom. The lowest BCUT2D eigenvalue weighted by Gasteiger charge is -2.04. The Morgan fingerprint density at radius 3 is 2.86 bits per heavy atom. The molecule has 118 valence electrons. The molecular weight excluding hydrogens is 298 g/mol. The first-order chi connectivity index (χ1) is 10.8. The predicted octanol–water partition coefficient (Wildman–Crippen LogP) is 2.30. The van der Waals surface area contributed by atoms with Crippen molar-refractivity contribution in [1.29, 1.82) is 0 Å². The number of aromatic nitrogens is 1. The summed E-state index contributed by atoms with van der Waals surface area (Å²) in [7, 11) is 0. The van der Waals surface area contributed by atoms with Gasteiger partial charge in [-0.1, -0.05) is 25.1 Å². The van der Waals surface area contributed by atoms with E-state index in [0.29, 0.717) is 23.9 Å². The van der Waals surface area contributed by atoms with Gasteiger partial charge in [0, 0.05) is 24.4 Å². The highest BCUT2D eigenvalue weighted by atomic mass is 32.2. The molecule has 0 aliphatic rings. The van der Waals surface area contributed by atoms with Gasteiger partial charge in [-0.05, 0) is 18.7 Å². The van der Waals surface area contributed by atoms with Gasteiger partial charge >= 0.3 is 0 Å². The second-order valence-corrected chi connectivity index (χ2v) is 5.69. The van der Waals surface area contributed by atoms with Gasteiger partial charge < -0.3 is 15.1 Å². The highest BCUT2D eigenvalue weighted by molar-refractivity contribution is 7.99. The van der Waals surface area contributed by atoms with Crippen LogP contribution >= 0.6 is 11.8 Å². The van der Waals surface area contributed by atoms with Crippen LogP contribution in [0.3, 0.4) is 0 Å². The summed E-state index contributed by atoms with van der Waals surface area (Å²) in [5.41, 5.74) is 1.81. The van der Waals surface area contributed by atoms with Crippen molar-refractivity contribution in [3.05, 3.63) is 42.3 Å². The zero-order valence-corrected chi connectivity index (χ0v) is 13.5. The van der Waals surface area contributed by atoms with E-state index < -0.39 is 0 Å². The molecule has 0 saturated heterocycles. The van der Waals surface area contributed by atoms with Gasteiger partial charge in [0.05, 0.1) is 11.4 Å². The Kier molecular flexibility index (Phi) is 6.99. The number of hydrogen-bond donors (Lipinski definition) is 2. The predicted molar refractivity (Wildman–Crippen MR) is 89.7 cm³/mol. The van der Waals surface area contributed by atoms with Crippen molar-refractivity contribution in [2.75, 3.05) is 25.4 Å². The number of hydrogen-bond acceptors (Lipinski definition) is 5. The Morgan fingerprint density at radius 2 is 2.09 bits per heavy atom. The van der Waals surface area contributed by atoms with Crippen LogP contribution in [-0.2, 0) is 10.5 Å². The van der Waals surface area contributed by atoms with Gasteiger partial charge in [-0.3, -0.25) is 4.79 Å². The Bertz CT molecular complexity index is 572. The fraction of sp³-hybridized carbons (Fsp3) is 0.375. The minimum absolute atomic E-state index is 0.0506. The van der Waals surface area contributed by atoms with Crippen molar-refractivity contribution in [3.63, 3.8) is 0 Å². The molecule has 2 N–H and O–H groups in total. The van der Waals surface area contributed by atoms with Crippen LogP contribution in [0.5, 0.6) is 0 Å². The second kappa shape index (κ2) is 9.27. The van der Waals surface area contributed by atoms with Gasteiger partial charge in [0.2, 0.25) is 11.8 Å². The summed E-state index contributed by atoms with van der Waals surface area (Å²) in [5, 5.41) is 6.03. The highest BCUT2D eigenvalue weighted by Gasteiger charge is 2.07. The van der Waals surface area contributed by atoms with Crippen molar-refractivity contribution < 1.29 is 9.21 Å². The molecule has 1 heterocycles. The van der Waals surface area contributed by atoms with Crippen LogP contribution in [0, 0.1) is 0 Å². The first kappa shape index (κ1) is 16.6. The molecule has 0 fully saturated rings. The summed E-state index contributed by atoms with van der Waals surface area (Å²) in [6, 6.07) is 9.77. The van der Waals surface area contributed by atoms with E-state index in [1.807, 2.05) is 37.3 Å². The number of oxazole rings is 1. The Balaban J connectivity index is 1.69. The van der Waals surface area contributed by atoms with E-state index in [4.69, 9.17) is 4.42 Å². The lowest BCUT2D eigenvalue weighted by atomic mass is 10.2. The van der Waals surface area contributed by atoms with Crippen molar-refractivity contribution in [2.45, 2.75) is 12.7 Å². The molecule has 1 aromatic carbocycles. The van der Waals surface area contributed by atoms with E-state index in [9.17, 15) is 4.79 Å². The zero-order valence-electron chi connectivity index (χ0n) is 12.7. The van der Waals surface area contributed by atoms with Gasteiger partial charge in [-0.25, -0.2) is 4.98 Å². The minimum atomic E-state index is 0.0506. The molecule has 22 heavy (non-hydrogen) atoms. The van der Waals surface area contributed by atoms with E-state index in [2.05, 4.69) is 15.6 Å². The molecule has 0 aliphatic heterocycles. The van der Waals surface area contributed by atoms with Crippen LogP contribution in [0.25, 0.3) is 11.5 Å². The number of nitrogens with one attached hydrogen (secondary N) is 2. The number of nitrogens with zero attached hydrogens (tertiary/aromatic N) is 1. The smallest absolute Gasteiger partial charge is 0.230 e. The monoisotopic (exact) mass is 319 g/mol. The molecule has 0 unspecified atom stereocenters.